The van der Waals surface area contributed by atoms with E-state index in [1.165, 1.54) is 18.4 Å². The first-order valence-corrected chi connectivity index (χ1v) is 8.44. The van der Waals surface area contributed by atoms with Crippen molar-refractivity contribution in [2.24, 2.45) is 11.8 Å². The van der Waals surface area contributed by atoms with Crippen LogP contribution in [-0.2, 0) is 6.54 Å². The summed E-state index contributed by atoms with van der Waals surface area (Å²) >= 11 is 3.60. The molecule has 0 aliphatic rings. The number of ether oxygens (including phenoxy) is 1. The first-order valence-electron chi connectivity index (χ1n) is 7.64. The Morgan fingerprint density at radius 1 is 1.25 bits per heavy atom. The van der Waals surface area contributed by atoms with E-state index < -0.39 is 0 Å². The van der Waals surface area contributed by atoms with Gasteiger partial charge in [-0.15, -0.1) is 0 Å². The van der Waals surface area contributed by atoms with E-state index in [1.807, 2.05) is 0 Å². The Kier molecular flexibility index (Phi) is 8.24. The van der Waals surface area contributed by atoms with Crippen molar-refractivity contribution in [2.45, 2.75) is 47.1 Å². The maximum Gasteiger partial charge on any atom is 0.133 e. The van der Waals surface area contributed by atoms with Crippen LogP contribution in [0.4, 0.5) is 0 Å². The molecule has 20 heavy (non-hydrogen) atoms. The van der Waals surface area contributed by atoms with Gasteiger partial charge < -0.3 is 10.1 Å². The fraction of sp³-hybridized carbons (Fsp3) is 0.647. The topological polar surface area (TPSA) is 21.3 Å². The molecular formula is C17H28BrNO. The maximum atomic E-state index is 5.88. The van der Waals surface area contributed by atoms with E-state index in [-0.39, 0.29) is 0 Å². The monoisotopic (exact) mass is 341 g/mol. The second-order valence-corrected chi connectivity index (χ2v) is 6.85. The zero-order chi connectivity index (χ0) is 15.0. The Hall–Kier alpha value is -0.540. The number of hydrogen-bond donors (Lipinski definition) is 1. The Labute approximate surface area is 132 Å². The third-order valence-electron chi connectivity index (χ3n) is 3.18. The first kappa shape index (κ1) is 17.5. The van der Waals surface area contributed by atoms with Crippen LogP contribution in [0.3, 0.4) is 0 Å². The van der Waals surface area contributed by atoms with Crippen LogP contribution in [0, 0.1) is 11.8 Å². The Bertz CT molecular complexity index is 393. The number of nitrogens with one attached hydrogen (secondary N) is 1. The quantitative estimate of drug-likeness (QED) is 0.681. The lowest BCUT2D eigenvalue weighted by Gasteiger charge is -2.14. The fourth-order valence-corrected chi connectivity index (χ4v) is 2.63. The van der Waals surface area contributed by atoms with Gasteiger partial charge >= 0.3 is 0 Å². The van der Waals surface area contributed by atoms with Crippen molar-refractivity contribution in [1.82, 2.24) is 5.32 Å². The Morgan fingerprint density at radius 2 is 2.00 bits per heavy atom. The average molecular weight is 342 g/mol. The van der Waals surface area contributed by atoms with E-state index in [4.69, 9.17) is 4.74 Å². The molecule has 0 spiro atoms. The van der Waals surface area contributed by atoms with Crippen LogP contribution >= 0.6 is 15.9 Å². The summed E-state index contributed by atoms with van der Waals surface area (Å²) in [4.78, 5) is 0. The van der Waals surface area contributed by atoms with Crippen molar-refractivity contribution < 1.29 is 4.74 Å². The highest BCUT2D eigenvalue weighted by atomic mass is 79.9. The second-order valence-electron chi connectivity index (χ2n) is 5.99. The molecule has 0 aliphatic heterocycles. The van der Waals surface area contributed by atoms with Crippen LogP contribution in [0.15, 0.2) is 22.7 Å². The molecule has 1 unspecified atom stereocenters. The summed E-state index contributed by atoms with van der Waals surface area (Å²) in [7, 11) is 0. The molecule has 1 rings (SSSR count). The minimum Gasteiger partial charge on any atom is -0.492 e. The largest absolute Gasteiger partial charge is 0.492 e. The fourth-order valence-electron chi connectivity index (χ4n) is 2.08. The molecule has 0 heterocycles. The molecule has 1 N–H and O–H groups in total. The van der Waals surface area contributed by atoms with E-state index >= 15 is 0 Å². The summed E-state index contributed by atoms with van der Waals surface area (Å²) in [6.07, 6.45) is 2.43. The zero-order valence-electron chi connectivity index (χ0n) is 13.2. The zero-order valence-corrected chi connectivity index (χ0v) is 14.8. The van der Waals surface area contributed by atoms with E-state index in [0.717, 1.165) is 29.9 Å². The van der Waals surface area contributed by atoms with Gasteiger partial charge in [-0.2, -0.15) is 0 Å². The highest BCUT2D eigenvalue weighted by Crippen LogP contribution is 2.26. The number of rotatable bonds is 9. The SMILES string of the molecule is CCCC(C)COc1ccc(CNCC(C)C)cc1Br. The van der Waals surface area contributed by atoms with Gasteiger partial charge in [0.25, 0.3) is 0 Å². The van der Waals surface area contributed by atoms with Crippen LogP contribution in [-0.4, -0.2) is 13.2 Å². The lowest BCUT2D eigenvalue weighted by molar-refractivity contribution is 0.250. The van der Waals surface area contributed by atoms with E-state index in [0.29, 0.717) is 11.8 Å². The van der Waals surface area contributed by atoms with Gasteiger partial charge in [0.05, 0.1) is 11.1 Å². The van der Waals surface area contributed by atoms with Gasteiger partial charge in [0, 0.05) is 6.54 Å². The predicted octanol–water partition coefficient (Wildman–Crippen LogP) is 5.01. The lowest BCUT2D eigenvalue weighted by atomic mass is 10.1. The summed E-state index contributed by atoms with van der Waals surface area (Å²) in [5.41, 5.74) is 1.28. The first-order chi connectivity index (χ1) is 9.52. The smallest absolute Gasteiger partial charge is 0.133 e. The van der Waals surface area contributed by atoms with Crippen LogP contribution in [0.25, 0.3) is 0 Å². The van der Waals surface area contributed by atoms with Gasteiger partial charge in [-0.25, -0.2) is 0 Å². The van der Waals surface area contributed by atoms with Crippen LogP contribution in [0.2, 0.25) is 0 Å². The third-order valence-corrected chi connectivity index (χ3v) is 3.80. The molecule has 0 saturated heterocycles. The van der Waals surface area contributed by atoms with E-state index in [9.17, 15) is 0 Å². The molecule has 1 aromatic rings. The van der Waals surface area contributed by atoms with Gasteiger partial charge in [-0.1, -0.05) is 40.2 Å². The van der Waals surface area contributed by atoms with Gasteiger partial charge in [0.15, 0.2) is 0 Å². The van der Waals surface area contributed by atoms with Crippen molar-refractivity contribution in [2.75, 3.05) is 13.2 Å². The Morgan fingerprint density at radius 3 is 2.60 bits per heavy atom. The summed E-state index contributed by atoms with van der Waals surface area (Å²) in [6.45, 7) is 11.6. The van der Waals surface area contributed by atoms with Gasteiger partial charge in [-0.05, 0) is 58.4 Å². The van der Waals surface area contributed by atoms with Crippen molar-refractivity contribution in [3.8, 4) is 5.75 Å². The van der Waals surface area contributed by atoms with Crippen molar-refractivity contribution in [3.63, 3.8) is 0 Å². The standard InChI is InChI=1S/C17H28BrNO/c1-5-6-14(4)12-20-17-8-7-15(9-16(17)18)11-19-10-13(2)3/h7-9,13-14,19H,5-6,10-12H2,1-4H3. The molecule has 0 radical (unpaired) electrons. The normalized spacial score (nSPS) is 12.7. The minimum atomic E-state index is 0.610. The van der Waals surface area contributed by atoms with Gasteiger partial charge in [0.2, 0.25) is 0 Å². The molecule has 114 valence electrons. The van der Waals surface area contributed by atoms with Crippen molar-refractivity contribution in [1.29, 1.82) is 0 Å². The molecule has 0 aromatic heterocycles. The molecule has 0 aliphatic carbocycles. The summed E-state index contributed by atoms with van der Waals surface area (Å²) in [5.74, 6) is 2.24. The highest BCUT2D eigenvalue weighted by Gasteiger charge is 2.06. The molecule has 0 fully saturated rings. The van der Waals surface area contributed by atoms with Crippen LogP contribution in [0.1, 0.15) is 46.1 Å². The van der Waals surface area contributed by atoms with Crippen LogP contribution < -0.4 is 10.1 Å². The average Bonchev–Trinajstić information content (AvgIpc) is 2.37. The molecule has 1 aromatic carbocycles. The molecular weight excluding hydrogens is 314 g/mol. The summed E-state index contributed by atoms with van der Waals surface area (Å²) in [6, 6.07) is 6.35. The van der Waals surface area contributed by atoms with E-state index in [2.05, 4.69) is 67.1 Å². The van der Waals surface area contributed by atoms with Crippen molar-refractivity contribution >= 4 is 15.9 Å². The number of benzene rings is 1. The van der Waals surface area contributed by atoms with Gasteiger partial charge in [-0.3, -0.25) is 0 Å². The minimum absolute atomic E-state index is 0.610. The van der Waals surface area contributed by atoms with Gasteiger partial charge in [0.1, 0.15) is 5.75 Å². The molecule has 3 heteroatoms. The van der Waals surface area contributed by atoms with Crippen LogP contribution in [0.5, 0.6) is 5.75 Å². The molecule has 1 atom stereocenters. The maximum absolute atomic E-state index is 5.88. The Balaban J connectivity index is 2.46. The number of hydrogen-bond acceptors (Lipinski definition) is 2. The second kappa shape index (κ2) is 9.41. The highest BCUT2D eigenvalue weighted by molar-refractivity contribution is 9.10. The predicted molar refractivity (Wildman–Crippen MR) is 90.3 cm³/mol. The summed E-state index contributed by atoms with van der Waals surface area (Å²) in [5, 5.41) is 3.45. The number of halogens is 1. The third kappa shape index (κ3) is 6.76. The van der Waals surface area contributed by atoms with E-state index in [1.54, 1.807) is 0 Å². The molecule has 0 saturated carbocycles. The molecule has 0 bridgehead atoms. The summed E-state index contributed by atoms with van der Waals surface area (Å²) < 4.78 is 6.93. The molecule has 2 nitrogen and oxygen atoms in total. The van der Waals surface area contributed by atoms with Crippen molar-refractivity contribution in [3.05, 3.63) is 28.2 Å². The molecule has 0 amide bonds. The lowest BCUT2D eigenvalue weighted by Crippen LogP contribution is -2.18.